The number of aliphatic hydroxyl groups is 4. The molecule has 1 aliphatic heterocycles. The number of nitrogens with one attached hydrogen (secondary N) is 6. The van der Waals surface area contributed by atoms with Crippen LogP contribution in [0, 0.1) is 0 Å². The third kappa shape index (κ3) is 14.6. The van der Waals surface area contributed by atoms with E-state index in [0.717, 1.165) is 10.5 Å². The maximum Gasteiger partial charge on any atom is 0.246 e. The number of nitrogens with two attached hydrogens (primary N) is 2. The van der Waals surface area contributed by atoms with Gasteiger partial charge in [-0.25, -0.2) is 0 Å². The number of likely N-dealkylation sites (N-methyl/N-ethyl adjacent to an activating group) is 1. The number of carbonyl (C=O) groups is 7. The minimum atomic E-state index is -1.63. The van der Waals surface area contributed by atoms with Gasteiger partial charge in [0.05, 0.1) is 25.9 Å². The van der Waals surface area contributed by atoms with Crippen LogP contribution in [0.2, 0.25) is 0 Å². The second-order valence-corrected chi connectivity index (χ2v) is 13.1. The standard InChI is InChI=1S/C34H55N9O11/c1-19(47)28-33(53)42-26(18-46)32(52)39-21(15-38-25(17-45)31(51)41-24(29(36)49)14-20-8-4-3-5-9-20)10-6-7-13-37-27(48)12-11-23(34(54)43(28)2)40-30(50)22(35)16-44/h3-5,8-9,19,21-26,28,38,44-47H,6-7,10-18,35H2,1-2H3,(H2,36,49)(H,37,48)(H,39,52)(H,40,50)(H,41,51)(H,42,53). The zero-order chi connectivity index (χ0) is 40.4. The van der Waals surface area contributed by atoms with Crippen molar-refractivity contribution in [2.75, 3.05) is 40.0 Å². The molecule has 1 aromatic carbocycles. The molecule has 1 aromatic rings. The molecular weight excluding hydrogens is 710 g/mol. The fourth-order valence-corrected chi connectivity index (χ4v) is 5.68. The number of hydrogen-bond acceptors (Lipinski definition) is 13. The first-order chi connectivity index (χ1) is 25.6. The van der Waals surface area contributed by atoms with Crippen molar-refractivity contribution in [3.63, 3.8) is 0 Å². The Kier molecular flexibility index (Phi) is 19.5. The molecule has 0 bridgehead atoms. The predicted molar refractivity (Wildman–Crippen MR) is 192 cm³/mol. The van der Waals surface area contributed by atoms with Crippen LogP contribution in [0.3, 0.4) is 0 Å². The third-order valence-corrected chi connectivity index (χ3v) is 8.81. The molecule has 20 nitrogen and oxygen atoms in total. The Morgan fingerprint density at radius 3 is 2.22 bits per heavy atom. The highest BCUT2D eigenvalue weighted by atomic mass is 16.3. The van der Waals surface area contributed by atoms with Gasteiger partial charge in [0.2, 0.25) is 41.4 Å². The average Bonchev–Trinajstić information content (AvgIpc) is 3.14. The van der Waals surface area contributed by atoms with Gasteiger partial charge in [-0.1, -0.05) is 30.3 Å². The summed E-state index contributed by atoms with van der Waals surface area (Å²) in [6.45, 7) is -0.986. The Morgan fingerprint density at radius 1 is 0.944 bits per heavy atom. The van der Waals surface area contributed by atoms with E-state index in [1.165, 1.54) is 14.0 Å². The van der Waals surface area contributed by atoms with Crippen LogP contribution >= 0.6 is 0 Å². The summed E-state index contributed by atoms with van der Waals surface area (Å²) in [5, 5.41) is 55.4. The molecule has 1 aliphatic rings. The van der Waals surface area contributed by atoms with Gasteiger partial charge in [-0.15, -0.1) is 0 Å². The molecule has 14 N–H and O–H groups in total. The summed E-state index contributed by atoms with van der Waals surface area (Å²) in [5.41, 5.74) is 11.8. The lowest BCUT2D eigenvalue weighted by Crippen LogP contribution is -2.62. The van der Waals surface area contributed by atoms with Gasteiger partial charge in [-0.3, -0.25) is 33.6 Å². The van der Waals surface area contributed by atoms with Crippen LogP contribution in [-0.2, 0) is 40.0 Å². The summed E-state index contributed by atoms with van der Waals surface area (Å²) in [6.07, 6.45) is -0.756. The number of hydrogen-bond donors (Lipinski definition) is 12. The number of amides is 7. The molecule has 7 amide bonds. The van der Waals surface area contributed by atoms with Crippen LogP contribution in [0.5, 0.6) is 0 Å². The molecule has 302 valence electrons. The minimum absolute atomic E-state index is 0.0939. The summed E-state index contributed by atoms with van der Waals surface area (Å²) < 4.78 is 0. The van der Waals surface area contributed by atoms with Gasteiger partial charge in [0.1, 0.15) is 36.3 Å². The van der Waals surface area contributed by atoms with Crippen molar-refractivity contribution in [1.29, 1.82) is 0 Å². The van der Waals surface area contributed by atoms with Crippen LogP contribution in [0.15, 0.2) is 30.3 Å². The maximum atomic E-state index is 13.6. The molecule has 8 atom stereocenters. The summed E-state index contributed by atoms with van der Waals surface area (Å²) in [4.78, 5) is 91.6. The average molecular weight is 766 g/mol. The minimum Gasteiger partial charge on any atom is -0.394 e. The molecule has 1 saturated heterocycles. The van der Waals surface area contributed by atoms with Crippen molar-refractivity contribution in [1.82, 2.24) is 36.8 Å². The number of primary amides is 1. The van der Waals surface area contributed by atoms with Gasteiger partial charge in [0.25, 0.3) is 0 Å². The number of aliphatic hydroxyl groups excluding tert-OH is 4. The fourth-order valence-electron chi connectivity index (χ4n) is 5.68. The van der Waals surface area contributed by atoms with Gasteiger partial charge in [0, 0.05) is 39.0 Å². The number of carbonyl (C=O) groups excluding carboxylic acids is 7. The largest absolute Gasteiger partial charge is 0.394 e. The summed E-state index contributed by atoms with van der Waals surface area (Å²) >= 11 is 0. The van der Waals surface area contributed by atoms with E-state index in [4.69, 9.17) is 11.5 Å². The SMILES string of the molecule is CC(O)C1C(=O)NC(CO)C(=O)NC(CNC(CO)C(=O)NC(Cc2ccccc2)C(N)=O)CCCCNC(=O)CCC(NC(=O)C(N)CO)C(=O)N1C. The summed E-state index contributed by atoms with van der Waals surface area (Å²) in [7, 11) is 1.17. The maximum absolute atomic E-state index is 13.6. The van der Waals surface area contributed by atoms with E-state index in [9.17, 15) is 54.0 Å². The second-order valence-electron chi connectivity index (χ2n) is 13.1. The highest BCUT2D eigenvalue weighted by Crippen LogP contribution is 2.11. The lowest BCUT2D eigenvalue weighted by Gasteiger charge is -2.33. The molecule has 54 heavy (non-hydrogen) atoms. The molecule has 0 spiro atoms. The molecule has 20 heteroatoms. The molecule has 1 fully saturated rings. The van der Waals surface area contributed by atoms with E-state index >= 15 is 0 Å². The first kappa shape index (κ1) is 45.4. The molecule has 0 aliphatic carbocycles. The lowest BCUT2D eigenvalue weighted by molar-refractivity contribution is -0.146. The first-order valence-corrected chi connectivity index (χ1v) is 17.7. The molecule has 0 radical (unpaired) electrons. The van der Waals surface area contributed by atoms with E-state index in [0.29, 0.717) is 12.8 Å². The second kappa shape index (κ2) is 23.1. The molecular formula is C34H55N9O11. The Bertz CT molecular complexity index is 1420. The highest BCUT2D eigenvalue weighted by molar-refractivity contribution is 5.95. The predicted octanol–water partition coefficient (Wildman–Crippen LogP) is -5.80. The zero-order valence-electron chi connectivity index (χ0n) is 30.5. The molecule has 8 unspecified atom stereocenters. The Balaban J connectivity index is 2.26. The van der Waals surface area contributed by atoms with Gasteiger partial charge >= 0.3 is 0 Å². The quantitative estimate of drug-likeness (QED) is 0.0841. The smallest absolute Gasteiger partial charge is 0.246 e. The van der Waals surface area contributed by atoms with Crippen molar-refractivity contribution in [2.45, 2.75) is 93.8 Å². The monoisotopic (exact) mass is 765 g/mol. The van der Waals surface area contributed by atoms with Crippen molar-refractivity contribution >= 4 is 41.4 Å². The first-order valence-electron chi connectivity index (χ1n) is 17.7. The number of nitrogens with zero attached hydrogens (tertiary/aromatic N) is 1. The molecule has 0 saturated carbocycles. The number of rotatable bonds is 14. The van der Waals surface area contributed by atoms with E-state index in [2.05, 4.69) is 31.9 Å². The van der Waals surface area contributed by atoms with Gasteiger partial charge in [0.15, 0.2) is 0 Å². The van der Waals surface area contributed by atoms with Gasteiger partial charge in [-0.05, 0) is 38.2 Å². The van der Waals surface area contributed by atoms with Crippen LogP contribution in [0.25, 0.3) is 0 Å². The van der Waals surface area contributed by atoms with Gasteiger partial charge in [-0.2, -0.15) is 0 Å². The molecule has 0 aromatic heterocycles. The number of benzene rings is 1. The normalized spacial score (nSPS) is 23.3. The highest BCUT2D eigenvalue weighted by Gasteiger charge is 2.37. The van der Waals surface area contributed by atoms with Crippen molar-refractivity contribution < 1.29 is 54.0 Å². The van der Waals surface area contributed by atoms with Crippen LogP contribution < -0.4 is 43.4 Å². The van der Waals surface area contributed by atoms with Crippen LogP contribution in [0.4, 0.5) is 0 Å². The van der Waals surface area contributed by atoms with E-state index in [-0.39, 0.29) is 38.8 Å². The van der Waals surface area contributed by atoms with Crippen molar-refractivity contribution in [3.05, 3.63) is 35.9 Å². The third-order valence-electron chi connectivity index (χ3n) is 8.81. The van der Waals surface area contributed by atoms with E-state index < -0.39 is 110 Å². The topological polar surface area (TPSA) is 328 Å². The van der Waals surface area contributed by atoms with Crippen LogP contribution in [0.1, 0.15) is 44.6 Å². The Labute approximate surface area is 313 Å². The summed E-state index contributed by atoms with van der Waals surface area (Å²) in [6, 6.07) is -0.177. The van der Waals surface area contributed by atoms with Crippen LogP contribution in [-0.4, -0.2) is 155 Å². The van der Waals surface area contributed by atoms with E-state index in [1.54, 1.807) is 30.3 Å². The van der Waals surface area contributed by atoms with Crippen molar-refractivity contribution in [2.24, 2.45) is 11.5 Å². The zero-order valence-corrected chi connectivity index (χ0v) is 30.5. The Morgan fingerprint density at radius 2 is 1.63 bits per heavy atom. The lowest BCUT2D eigenvalue weighted by atomic mass is 10.0. The molecule has 2 rings (SSSR count). The molecule has 1 heterocycles. The fraction of sp³-hybridized carbons (Fsp3) is 0.618. The van der Waals surface area contributed by atoms with E-state index in [1.807, 2.05) is 0 Å². The van der Waals surface area contributed by atoms with Gasteiger partial charge < -0.3 is 68.7 Å². The van der Waals surface area contributed by atoms with Crippen molar-refractivity contribution in [3.8, 4) is 0 Å². The summed E-state index contributed by atoms with van der Waals surface area (Å²) in [5.74, 6) is -5.64. The Hall–Kier alpha value is -4.73.